The zero-order valence-electron chi connectivity index (χ0n) is 20.5. The molecule has 0 spiro atoms. The van der Waals surface area contributed by atoms with Crippen LogP contribution in [0.25, 0.3) is 17.3 Å². The lowest BCUT2D eigenvalue weighted by Crippen LogP contribution is -2.55. The van der Waals surface area contributed by atoms with Gasteiger partial charge in [0.2, 0.25) is 11.7 Å². The minimum Gasteiger partial charge on any atom is -0.461 e. The van der Waals surface area contributed by atoms with Crippen molar-refractivity contribution in [1.29, 1.82) is 0 Å². The average molecular weight is 520 g/mol. The average Bonchev–Trinajstić information content (AvgIpc) is 3.57. The quantitative estimate of drug-likeness (QED) is 0.350. The molecule has 2 aromatic heterocycles. The summed E-state index contributed by atoms with van der Waals surface area (Å²) in [6.45, 7) is 5.11. The molecule has 0 N–H and O–H groups in total. The zero-order chi connectivity index (χ0) is 25.9. The van der Waals surface area contributed by atoms with Crippen LogP contribution in [0.2, 0.25) is 0 Å². The number of hydrogen-bond donors (Lipinski definition) is 0. The molecule has 4 aromatic rings. The summed E-state index contributed by atoms with van der Waals surface area (Å²) < 4.78 is 21.0. The Hall–Kier alpha value is -3.92. The molecule has 5 rings (SSSR count). The fourth-order valence-corrected chi connectivity index (χ4v) is 5.20. The van der Waals surface area contributed by atoms with Crippen LogP contribution < -0.4 is 0 Å². The van der Waals surface area contributed by atoms with Gasteiger partial charge in [-0.25, -0.2) is 4.39 Å². The molecule has 10 heteroatoms. The SMILES string of the molecule is Cc1ccc(-n2c(SCC(=O)N3CCN(C(=O)c4cccc(F)c4)C(C)C3)nnc2-c2ccco2)cc1. The molecular formula is C27H26FN5O3S. The first-order chi connectivity index (χ1) is 17.9. The fourth-order valence-electron chi connectivity index (χ4n) is 4.35. The van der Waals surface area contributed by atoms with Crippen molar-refractivity contribution in [3.05, 3.63) is 83.9 Å². The van der Waals surface area contributed by atoms with E-state index in [0.717, 1.165) is 11.3 Å². The van der Waals surface area contributed by atoms with Gasteiger partial charge in [0.15, 0.2) is 10.9 Å². The third kappa shape index (κ3) is 5.29. The topological polar surface area (TPSA) is 84.5 Å². The van der Waals surface area contributed by atoms with Crippen molar-refractivity contribution in [3.8, 4) is 17.3 Å². The predicted octanol–water partition coefficient (Wildman–Crippen LogP) is 4.44. The first-order valence-electron chi connectivity index (χ1n) is 11.9. The summed E-state index contributed by atoms with van der Waals surface area (Å²) in [5, 5.41) is 9.25. The Morgan fingerprint density at radius 1 is 1.08 bits per heavy atom. The van der Waals surface area contributed by atoms with E-state index in [1.165, 1.54) is 30.0 Å². The second-order valence-electron chi connectivity index (χ2n) is 8.94. The molecule has 2 aromatic carbocycles. The lowest BCUT2D eigenvalue weighted by atomic mass is 10.1. The Labute approximate surface area is 218 Å². The van der Waals surface area contributed by atoms with E-state index in [1.807, 2.05) is 48.7 Å². The number of aryl methyl sites for hydroxylation is 1. The van der Waals surface area contributed by atoms with Gasteiger partial charge in [-0.1, -0.05) is 35.5 Å². The lowest BCUT2D eigenvalue weighted by molar-refractivity contribution is -0.130. The van der Waals surface area contributed by atoms with Crippen LogP contribution in [0, 0.1) is 12.7 Å². The van der Waals surface area contributed by atoms with E-state index in [4.69, 9.17) is 4.42 Å². The Morgan fingerprint density at radius 2 is 1.89 bits per heavy atom. The molecule has 0 bridgehead atoms. The van der Waals surface area contributed by atoms with Crippen LogP contribution in [0.4, 0.5) is 4.39 Å². The van der Waals surface area contributed by atoms with Gasteiger partial charge in [0, 0.05) is 36.9 Å². The fraction of sp³-hybridized carbons (Fsp3) is 0.259. The van der Waals surface area contributed by atoms with Gasteiger partial charge in [-0.3, -0.25) is 14.2 Å². The van der Waals surface area contributed by atoms with E-state index in [1.54, 1.807) is 28.2 Å². The molecular weight excluding hydrogens is 493 g/mol. The van der Waals surface area contributed by atoms with E-state index in [0.29, 0.717) is 41.9 Å². The van der Waals surface area contributed by atoms with Gasteiger partial charge in [-0.05, 0) is 56.3 Å². The Bertz CT molecular complexity index is 1400. The minimum absolute atomic E-state index is 0.0484. The number of furan rings is 1. The van der Waals surface area contributed by atoms with Crippen LogP contribution >= 0.6 is 11.8 Å². The van der Waals surface area contributed by atoms with Crippen LogP contribution in [0.5, 0.6) is 0 Å². The number of thioether (sulfide) groups is 1. The van der Waals surface area contributed by atoms with E-state index < -0.39 is 5.82 Å². The second kappa shape index (κ2) is 10.6. The van der Waals surface area contributed by atoms with Crippen molar-refractivity contribution in [1.82, 2.24) is 24.6 Å². The molecule has 1 saturated heterocycles. The number of nitrogens with zero attached hydrogens (tertiary/aromatic N) is 5. The van der Waals surface area contributed by atoms with Crippen molar-refractivity contribution in [3.63, 3.8) is 0 Å². The highest BCUT2D eigenvalue weighted by molar-refractivity contribution is 7.99. The first-order valence-corrected chi connectivity index (χ1v) is 12.9. The van der Waals surface area contributed by atoms with Gasteiger partial charge >= 0.3 is 0 Å². The number of amides is 2. The molecule has 1 aliphatic heterocycles. The van der Waals surface area contributed by atoms with Crippen molar-refractivity contribution in [2.24, 2.45) is 0 Å². The van der Waals surface area contributed by atoms with E-state index in [-0.39, 0.29) is 23.6 Å². The van der Waals surface area contributed by atoms with E-state index >= 15 is 0 Å². The number of piperazine rings is 1. The molecule has 0 radical (unpaired) electrons. The summed E-state index contributed by atoms with van der Waals surface area (Å²) in [4.78, 5) is 29.4. The Kier molecular flexibility index (Phi) is 7.09. The summed E-state index contributed by atoms with van der Waals surface area (Å²) in [7, 11) is 0. The molecule has 0 saturated carbocycles. The van der Waals surface area contributed by atoms with E-state index in [2.05, 4.69) is 10.2 Å². The Balaban J connectivity index is 1.27. The van der Waals surface area contributed by atoms with Crippen LogP contribution in [0.15, 0.2) is 76.5 Å². The monoisotopic (exact) mass is 519 g/mol. The maximum atomic E-state index is 13.6. The molecule has 1 fully saturated rings. The van der Waals surface area contributed by atoms with Crippen molar-refractivity contribution in [2.45, 2.75) is 25.0 Å². The first kappa shape index (κ1) is 24.8. The normalized spacial score (nSPS) is 15.7. The van der Waals surface area contributed by atoms with Crippen LogP contribution in [-0.2, 0) is 4.79 Å². The molecule has 2 amide bonds. The minimum atomic E-state index is -0.446. The molecule has 1 unspecified atom stereocenters. The number of carbonyl (C=O) groups excluding carboxylic acids is 2. The van der Waals surface area contributed by atoms with Gasteiger partial charge in [0.25, 0.3) is 5.91 Å². The summed E-state index contributed by atoms with van der Waals surface area (Å²) >= 11 is 1.31. The molecule has 3 heterocycles. The molecule has 0 aliphatic carbocycles. The number of hydrogen-bond acceptors (Lipinski definition) is 6. The molecule has 190 valence electrons. The maximum Gasteiger partial charge on any atom is 0.254 e. The van der Waals surface area contributed by atoms with Crippen LogP contribution in [0.1, 0.15) is 22.8 Å². The van der Waals surface area contributed by atoms with Crippen molar-refractivity contribution < 1.29 is 18.4 Å². The van der Waals surface area contributed by atoms with Gasteiger partial charge < -0.3 is 14.2 Å². The van der Waals surface area contributed by atoms with Crippen LogP contribution in [-0.4, -0.2) is 67.8 Å². The zero-order valence-corrected chi connectivity index (χ0v) is 21.3. The molecule has 1 atom stereocenters. The standard InChI is InChI=1S/C27H26FN5O3S/c1-18-8-10-22(11-9-18)33-25(23-7-4-14-36-23)29-30-27(33)37-17-24(34)31-12-13-32(19(2)16-31)26(35)20-5-3-6-21(28)15-20/h3-11,14-15,19H,12-13,16-17H2,1-2H3. The van der Waals surface area contributed by atoms with Gasteiger partial charge in [-0.15, -0.1) is 10.2 Å². The number of benzene rings is 2. The van der Waals surface area contributed by atoms with Gasteiger partial charge in [-0.2, -0.15) is 0 Å². The maximum absolute atomic E-state index is 13.6. The van der Waals surface area contributed by atoms with Gasteiger partial charge in [0.05, 0.1) is 12.0 Å². The van der Waals surface area contributed by atoms with Gasteiger partial charge in [0.1, 0.15) is 5.82 Å². The van der Waals surface area contributed by atoms with Crippen molar-refractivity contribution >= 4 is 23.6 Å². The third-order valence-corrected chi connectivity index (χ3v) is 7.22. The summed E-state index contributed by atoms with van der Waals surface area (Å²) in [6, 6.07) is 17.1. The van der Waals surface area contributed by atoms with Crippen molar-refractivity contribution in [2.75, 3.05) is 25.4 Å². The highest BCUT2D eigenvalue weighted by atomic mass is 32.2. The highest BCUT2D eigenvalue weighted by Gasteiger charge is 2.31. The highest BCUT2D eigenvalue weighted by Crippen LogP contribution is 2.29. The molecule has 8 nitrogen and oxygen atoms in total. The largest absolute Gasteiger partial charge is 0.461 e. The third-order valence-electron chi connectivity index (χ3n) is 6.30. The predicted molar refractivity (Wildman–Crippen MR) is 138 cm³/mol. The number of rotatable bonds is 6. The molecule has 37 heavy (non-hydrogen) atoms. The van der Waals surface area contributed by atoms with E-state index in [9.17, 15) is 14.0 Å². The smallest absolute Gasteiger partial charge is 0.254 e. The number of aromatic nitrogens is 3. The number of carbonyl (C=O) groups is 2. The number of halogens is 1. The summed E-state index contributed by atoms with van der Waals surface area (Å²) in [5.74, 6) is 0.587. The summed E-state index contributed by atoms with van der Waals surface area (Å²) in [5.41, 5.74) is 2.31. The molecule has 1 aliphatic rings. The lowest BCUT2D eigenvalue weighted by Gasteiger charge is -2.40. The summed E-state index contributed by atoms with van der Waals surface area (Å²) in [6.07, 6.45) is 1.58. The second-order valence-corrected chi connectivity index (χ2v) is 9.88. The van der Waals surface area contributed by atoms with Crippen LogP contribution in [0.3, 0.4) is 0 Å². The Morgan fingerprint density at radius 3 is 2.59 bits per heavy atom.